The number of allylic oxidation sites excluding steroid dienone is 2. The van der Waals surface area contributed by atoms with Crippen molar-refractivity contribution in [1.82, 2.24) is 9.88 Å². The Hall–Kier alpha value is -2.83. The van der Waals surface area contributed by atoms with Gasteiger partial charge in [-0.05, 0) is 43.3 Å². The average molecular weight is 390 g/mol. The Kier molecular flexibility index (Phi) is 6.34. The third-order valence-electron chi connectivity index (χ3n) is 4.03. The molecule has 0 spiro atoms. The summed E-state index contributed by atoms with van der Waals surface area (Å²) >= 11 is 0. The van der Waals surface area contributed by atoms with Gasteiger partial charge < -0.3 is 18.8 Å². The molecule has 0 saturated heterocycles. The van der Waals surface area contributed by atoms with E-state index in [2.05, 4.69) is 27.6 Å². The van der Waals surface area contributed by atoms with Crippen LogP contribution in [-0.4, -0.2) is 29.6 Å². The maximum absolute atomic E-state index is 12.7. The second kappa shape index (κ2) is 8.91. The van der Waals surface area contributed by atoms with E-state index in [9.17, 15) is 8.78 Å². The van der Waals surface area contributed by atoms with Crippen LogP contribution in [0.2, 0.25) is 0 Å². The van der Waals surface area contributed by atoms with E-state index in [0.29, 0.717) is 24.6 Å². The molecule has 1 aromatic carbocycles. The molecule has 0 radical (unpaired) electrons. The fraction of sp³-hybridized carbons (Fsp3) is 0.381. The Morgan fingerprint density at radius 1 is 1.25 bits per heavy atom. The number of oxazole rings is 1. The van der Waals surface area contributed by atoms with E-state index in [-0.39, 0.29) is 17.4 Å². The highest BCUT2D eigenvalue weighted by molar-refractivity contribution is 5.60. The molecular weight excluding hydrogens is 366 g/mol. The fourth-order valence-electron chi connectivity index (χ4n) is 2.79. The minimum Gasteiger partial charge on any atom is -0.489 e. The van der Waals surface area contributed by atoms with Gasteiger partial charge in [-0.3, -0.25) is 0 Å². The lowest BCUT2D eigenvalue weighted by atomic mass is 10.2. The maximum atomic E-state index is 12.7. The fourth-order valence-corrected chi connectivity index (χ4v) is 2.79. The highest BCUT2D eigenvalue weighted by Gasteiger charge is 2.16. The number of alkyl halides is 2. The summed E-state index contributed by atoms with van der Waals surface area (Å²) in [5, 5.41) is 0. The molecule has 7 heteroatoms. The Morgan fingerprint density at radius 3 is 2.79 bits per heavy atom. The number of hydrogen-bond acceptors (Lipinski definition) is 5. The molecule has 1 aliphatic rings. The number of halogens is 2. The van der Waals surface area contributed by atoms with Crippen LogP contribution in [0, 0.1) is 5.92 Å². The summed E-state index contributed by atoms with van der Waals surface area (Å²) in [6, 6.07) is 4.69. The molecule has 0 saturated carbocycles. The molecule has 0 atom stereocenters. The highest BCUT2D eigenvalue weighted by atomic mass is 19.3. The number of benzene rings is 1. The van der Waals surface area contributed by atoms with Crippen molar-refractivity contribution in [2.75, 3.05) is 13.2 Å². The maximum Gasteiger partial charge on any atom is 0.387 e. The molecule has 0 unspecified atom stereocenters. The van der Waals surface area contributed by atoms with Crippen LogP contribution in [0.4, 0.5) is 8.78 Å². The van der Waals surface area contributed by atoms with Crippen LogP contribution in [0.15, 0.2) is 52.8 Å². The predicted molar refractivity (Wildman–Crippen MR) is 102 cm³/mol. The van der Waals surface area contributed by atoms with Gasteiger partial charge in [-0.25, -0.2) is 4.98 Å². The number of nitrogens with zero attached hydrogens (tertiary/aromatic N) is 2. The third-order valence-corrected chi connectivity index (χ3v) is 4.03. The van der Waals surface area contributed by atoms with Crippen molar-refractivity contribution in [2.24, 2.45) is 5.92 Å². The van der Waals surface area contributed by atoms with Crippen molar-refractivity contribution in [2.45, 2.75) is 33.9 Å². The van der Waals surface area contributed by atoms with Gasteiger partial charge in [0.15, 0.2) is 11.5 Å². The molecule has 0 N–H and O–H groups in total. The number of rotatable bonds is 8. The molecule has 150 valence electrons. The van der Waals surface area contributed by atoms with Gasteiger partial charge in [0.2, 0.25) is 5.89 Å². The normalized spacial score (nSPS) is 14.0. The second-order valence-electron chi connectivity index (χ2n) is 7.15. The zero-order valence-electron chi connectivity index (χ0n) is 16.2. The van der Waals surface area contributed by atoms with Crippen molar-refractivity contribution in [3.63, 3.8) is 0 Å². The minimum atomic E-state index is -2.92. The molecule has 0 amide bonds. The first kappa shape index (κ1) is 19.9. The lowest BCUT2D eigenvalue weighted by Crippen LogP contribution is -2.20. The Bertz CT molecular complexity index is 859. The zero-order chi connectivity index (χ0) is 20.1. The van der Waals surface area contributed by atoms with Crippen molar-refractivity contribution in [3.05, 3.63) is 54.1 Å². The van der Waals surface area contributed by atoms with Crippen molar-refractivity contribution in [3.8, 4) is 23.0 Å². The van der Waals surface area contributed by atoms with Crippen LogP contribution < -0.4 is 9.47 Å². The van der Waals surface area contributed by atoms with Crippen LogP contribution in [0.3, 0.4) is 0 Å². The summed E-state index contributed by atoms with van der Waals surface area (Å²) in [6.07, 6.45) is 7.69. The minimum absolute atomic E-state index is 0.00750. The van der Waals surface area contributed by atoms with E-state index in [1.165, 1.54) is 11.6 Å². The largest absolute Gasteiger partial charge is 0.489 e. The molecular formula is C21H24F2N2O3. The van der Waals surface area contributed by atoms with Crippen molar-refractivity contribution in [1.29, 1.82) is 0 Å². The van der Waals surface area contributed by atoms with Gasteiger partial charge in [-0.1, -0.05) is 25.5 Å². The summed E-state index contributed by atoms with van der Waals surface area (Å²) in [5.74, 6) is 0.880. The SMILES string of the molecule is CC1=CC=CN(Cc2coc(-c3ccc(OC(F)F)c(OCC(C)C)c3)n2)C1. The Labute approximate surface area is 163 Å². The summed E-state index contributed by atoms with van der Waals surface area (Å²) in [7, 11) is 0. The van der Waals surface area contributed by atoms with Crippen LogP contribution in [0.1, 0.15) is 26.5 Å². The molecule has 28 heavy (non-hydrogen) atoms. The van der Waals surface area contributed by atoms with Gasteiger partial charge in [0.05, 0.1) is 18.8 Å². The van der Waals surface area contributed by atoms with Gasteiger partial charge in [-0.15, -0.1) is 0 Å². The topological polar surface area (TPSA) is 47.7 Å². The van der Waals surface area contributed by atoms with E-state index < -0.39 is 6.61 Å². The van der Waals surface area contributed by atoms with Crippen molar-refractivity contribution < 1.29 is 22.7 Å². The van der Waals surface area contributed by atoms with Crippen LogP contribution in [0.5, 0.6) is 11.5 Å². The summed E-state index contributed by atoms with van der Waals surface area (Å²) in [6.45, 7) is 4.95. The third kappa shape index (κ3) is 5.34. The van der Waals surface area contributed by atoms with E-state index in [4.69, 9.17) is 9.15 Å². The van der Waals surface area contributed by atoms with Crippen LogP contribution in [0.25, 0.3) is 11.5 Å². The Balaban J connectivity index is 1.77. The molecule has 3 rings (SSSR count). The van der Waals surface area contributed by atoms with Gasteiger partial charge in [0.1, 0.15) is 6.26 Å². The van der Waals surface area contributed by atoms with E-state index in [1.54, 1.807) is 18.4 Å². The summed E-state index contributed by atoms with van der Waals surface area (Å²) < 4.78 is 41.1. The number of ether oxygens (including phenoxy) is 2. The molecule has 1 aliphatic heterocycles. The molecule has 2 heterocycles. The summed E-state index contributed by atoms with van der Waals surface area (Å²) in [4.78, 5) is 6.65. The molecule has 1 aromatic heterocycles. The van der Waals surface area contributed by atoms with Crippen LogP contribution >= 0.6 is 0 Å². The first-order valence-corrected chi connectivity index (χ1v) is 9.15. The second-order valence-corrected chi connectivity index (χ2v) is 7.15. The quantitative estimate of drug-likeness (QED) is 0.616. The van der Waals surface area contributed by atoms with Gasteiger partial charge >= 0.3 is 6.61 Å². The first-order chi connectivity index (χ1) is 13.4. The van der Waals surface area contributed by atoms with E-state index >= 15 is 0 Å². The van der Waals surface area contributed by atoms with E-state index in [0.717, 1.165) is 12.2 Å². The number of hydrogen-bond donors (Lipinski definition) is 0. The first-order valence-electron chi connectivity index (χ1n) is 9.15. The van der Waals surface area contributed by atoms with Crippen LogP contribution in [-0.2, 0) is 6.54 Å². The molecule has 0 fully saturated rings. The molecule has 2 aromatic rings. The monoisotopic (exact) mass is 390 g/mol. The average Bonchev–Trinajstić information content (AvgIpc) is 3.09. The lowest BCUT2D eigenvalue weighted by Gasteiger charge is -2.21. The van der Waals surface area contributed by atoms with E-state index in [1.807, 2.05) is 26.1 Å². The van der Waals surface area contributed by atoms with Crippen molar-refractivity contribution >= 4 is 0 Å². The van der Waals surface area contributed by atoms with Gasteiger partial charge in [-0.2, -0.15) is 8.78 Å². The molecule has 0 aliphatic carbocycles. The number of aromatic nitrogens is 1. The lowest BCUT2D eigenvalue weighted by molar-refractivity contribution is -0.0515. The smallest absolute Gasteiger partial charge is 0.387 e. The summed E-state index contributed by atoms with van der Waals surface area (Å²) in [5.41, 5.74) is 2.69. The standard InChI is InChI=1S/C21H24F2N2O3/c1-14(2)12-26-19-9-16(6-7-18(19)28-21(22)23)20-24-17(13-27-20)11-25-8-4-5-15(3)10-25/h4-9,13-14,21H,10-12H2,1-3H3. The predicted octanol–water partition coefficient (Wildman–Crippen LogP) is 5.25. The zero-order valence-corrected chi connectivity index (χ0v) is 16.2. The molecule has 0 bridgehead atoms. The van der Waals surface area contributed by atoms with Gasteiger partial charge in [0.25, 0.3) is 0 Å². The highest BCUT2D eigenvalue weighted by Crippen LogP contribution is 2.34. The molecule has 5 nitrogen and oxygen atoms in total. The Morgan fingerprint density at radius 2 is 2.07 bits per heavy atom. The van der Waals surface area contributed by atoms with Gasteiger partial charge in [0, 0.05) is 12.1 Å².